The molecular formula is C18H19N5O2. The van der Waals surface area contributed by atoms with Crippen LogP contribution in [0.5, 0.6) is 0 Å². The van der Waals surface area contributed by atoms with E-state index in [0.29, 0.717) is 5.69 Å². The standard InChI is InChI=1S/C18H19N5O2/c1-23(2)16-12(5-4-9-20-16)11-21-17(24)18(25)22-15-7-3-6-14-13(15)8-10-19-14/h3-10,19H,11H2,1-2H3,(H,21,24)(H,22,25). The van der Waals surface area contributed by atoms with E-state index >= 15 is 0 Å². The molecule has 0 radical (unpaired) electrons. The van der Waals surface area contributed by atoms with E-state index in [9.17, 15) is 9.59 Å². The first-order chi connectivity index (χ1) is 12.1. The number of H-pyrrole nitrogens is 1. The van der Waals surface area contributed by atoms with E-state index in [1.807, 2.05) is 43.3 Å². The molecule has 7 heteroatoms. The number of anilines is 2. The molecule has 0 bridgehead atoms. The fourth-order valence-corrected chi connectivity index (χ4v) is 2.60. The highest BCUT2D eigenvalue weighted by Gasteiger charge is 2.16. The van der Waals surface area contributed by atoms with Crippen molar-refractivity contribution in [1.82, 2.24) is 15.3 Å². The number of nitrogens with zero attached hydrogens (tertiary/aromatic N) is 2. The summed E-state index contributed by atoms with van der Waals surface area (Å²) in [5, 5.41) is 6.13. The SMILES string of the molecule is CN(C)c1ncccc1CNC(=O)C(=O)Nc1cccc2[nH]ccc12. The maximum absolute atomic E-state index is 12.2. The Bertz CT molecular complexity index is 916. The zero-order valence-electron chi connectivity index (χ0n) is 14.0. The molecule has 3 N–H and O–H groups in total. The van der Waals surface area contributed by atoms with Gasteiger partial charge < -0.3 is 20.5 Å². The number of hydrogen-bond donors (Lipinski definition) is 3. The van der Waals surface area contributed by atoms with Crippen LogP contribution in [0.25, 0.3) is 10.9 Å². The minimum absolute atomic E-state index is 0.224. The van der Waals surface area contributed by atoms with Crippen LogP contribution in [-0.2, 0) is 16.1 Å². The van der Waals surface area contributed by atoms with Gasteiger partial charge >= 0.3 is 11.8 Å². The van der Waals surface area contributed by atoms with E-state index in [1.165, 1.54) is 0 Å². The van der Waals surface area contributed by atoms with Crippen LogP contribution >= 0.6 is 0 Å². The summed E-state index contributed by atoms with van der Waals surface area (Å²) in [6.45, 7) is 0.224. The Morgan fingerprint density at radius 1 is 1.12 bits per heavy atom. The van der Waals surface area contributed by atoms with Gasteiger partial charge in [0.05, 0.1) is 5.69 Å². The quantitative estimate of drug-likeness (QED) is 0.634. The first-order valence-corrected chi connectivity index (χ1v) is 7.83. The fourth-order valence-electron chi connectivity index (χ4n) is 2.60. The van der Waals surface area contributed by atoms with Gasteiger partial charge in [-0.3, -0.25) is 9.59 Å². The Hall–Kier alpha value is -3.35. The summed E-state index contributed by atoms with van der Waals surface area (Å²) in [6.07, 6.45) is 3.47. The topological polar surface area (TPSA) is 90.1 Å². The lowest BCUT2D eigenvalue weighted by Crippen LogP contribution is -2.35. The lowest BCUT2D eigenvalue weighted by Gasteiger charge is -2.16. The molecule has 0 aliphatic carbocycles. The zero-order valence-corrected chi connectivity index (χ0v) is 14.0. The minimum Gasteiger partial charge on any atom is -0.362 e. The van der Waals surface area contributed by atoms with Gasteiger partial charge in [-0.2, -0.15) is 0 Å². The molecule has 0 saturated heterocycles. The smallest absolute Gasteiger partial charge is 0.313 e. The highest BCUT2D eigenvalue weighted by Crippen LogP contribution is 2.22. The third-order valence-corrected chi connectivity index (χ3v) is 3.78. The number of nitrogens with one attached hydrogen (secondary N) is 3. The van der Waals surface area contributed by atoms with Crippen molar-refractivity contribution < 1.29 is 9.59 Å². The van der Waals surface area contributed by atoms with Crippen LogP contribution in [0, 0.1) is 0 Å². The molecule has 7 nitrogen and oxygen atoms in total. The Morgan fingerprint density at radius 3 is 2.76 bits per heavy atom. The second kappa shape index (κ2) is 7.04. The van der Waals surface area contributed by atoms with Crippen molar-refractivity contribution in [2.24, 2.45) is 0 Å². The van der Waals surface area contributed by atoms with Crippen LogP contribution in [0.3, 0.4) is 0 Å². The van der Waals surface area contributed by atoms with Crippen molar-refractivity contribution in [3.05, 3.63) is 54.4 Å². The number of rotatable bonds is 4. The number of aromatic nitrogens is 2. The molecule has 0 spiro atoms. The second-order valence-corrected chi connectivity index (χ2v) is 5.76. The third-order valence-electron chi connectivity index (χ3n) is 3.78. The summed E-state index contributed by atoms with van der Waals surface area (Å²) in [6, 6.07) is 11.0. The zero-order chi connectivity index (χ0) is 17.8. The highest BCUT2D eigenvalue weighted by atomic mass is 16.2. The largest absolute Gasteiger partial charge is 0.362 e. The van der Waals surface area contributed by atoms with E-state index in [-0.39, 0.29) is 6.54 Å². The molecule has 2 aromatic heterocycles. The summed E-state index contributed by atoms with van der Waals surface area (Å²) in [7, 11) is 3.75. The number of hydrogen-bond acceptors (Lipinski definition) is 4. The van der Waals surface area contributed by atoms with Crippen LogP contribution in [-0.4, -0.2) is 35.9 Å². The number of fused-ring (bicyclic) bond motifs is 1. The van der Waals surface area contributed by atoms with Crippen molar-refractivity contribution in [2.75, 3.05) is 24.3 Å². The molecule has 3 rings (SSSR count). The van der Waals surface area contributed by atoms with Gasteiger partial charge in [-0.25, -0.2) is 4.98 Å². The van der Waals surface area contributed by atoms with Gasteiger partial charge in [0.1, 0.15) is 5.82 Å². The molecule has 3 aromatic rings. The van der Waals surface area contributed by atoms with Crippen LogP contribution in [0.1, 0.15) is 5.56 Å². The molecule has 1 aromatic carbocycles. The number of aromatic amines is 1. The maximum Gasteiger partial charge on any atom is 0.313 e. The van der Waals surface area contributed by atoms with Crippen molar-refractivity contribution >= 4 is 34.2 Å². The Labute approximate surface area is 145 Å². The molecule has 2 heterocycles. The fraction of sp³-hybridized carbons (Fsp3) is 0.167. The number of amides is 2. The Morgan fingerprint density at radius 2 is 1.96 bits per heavy atom. The lowest BCUT2D eigenvalue weighted by molar-refractivity contribution is -0.136. The van der Waals surface area contributed by atoms with Crippen molar-refractivity contribution in [3.8, 4) is 0 Å². The van der Waals surface area contributed by atoms with Gasteiger partial charge in [-0.15, -0.1) is 0 Å². The van der Waals surface area contributed by atoms with Crippen LogP contribution in [0.15, 0.2) is 48.8 Å². The predicted octanol–water partition coefficient (Wildman–Crippen LogP) is 1.88. The van der Waals surface area contributed by atoms with Gasteiger partial charge in [0, 0.05) is 49.5 Å². The molecule has 0 aliphatic heterocycles. The highest BCUT2D eigenvalue weighted by molar-refractivity contribution is 6.40. The van der Waals surface area contributed by atoms with Crippen LogP contribution < -0.4 is 15.5 Å². The lowest BCUT2D eigenvalue weighted by atomic mass is 10.2. The van der Waals surface area contributed by atoms with E-state index < -0.39 is 11.8 Å². The van der Waals surface area contributed by atoms with Crippen LogP contribution in [0.4, 0.5) is 11.5 Å². The summed E-state index contributed by atoms with van der Waals surface area (Å²) in [4.78, 5) is 33.5. The van der Waals surface area contributed by atoms with Gasteiger partial charge in [0.25, 0.3) is 0 Å². The van der Waals surface area contributed by atoms with E-state index in [1.54, 1.807) is 24.5 Å². The van der Waals surface area contributed by atoms with Crippen molar-refractivity contribution in [1.29, 1.82) is 0 Å². The predicted molar refractivity (Wildman–Crippen MR) is 97.3 cm³/mol. The molecular weight excluding hydrogens is 318 g/mol. The van der Waals surface area contributed by atoms with E-state index in [4.69, 9.17) is 0 Å². The molecule has 2 amide bonds. The summed E-state index contributed by atoms with van der Waals surface area (Å²) < 4.78 is 0. The van der Waals surface area contributed by atoms with Crippen LogP contribution in [0.2, 0.25) is 0 Å². The second-order valence-electron chi connectivity index (χ2n) is 5.76. The number of benzene rings is 1. The van der Waals surface area contributed by atoms with E-state index in [2.05, 4.69) is 20.6 Å². The molecule has 0 fully saturated rings. The maximum atomic E-state index is 12.2. The number of carbonyl (C=O) groups is 2. The Balaban J connectivity index is 1.66. The molecule has 0 aliphatic rings. The molecule has 25 heavy (non-hydrogen) atoms. The van der Waals surface area contributed by atoms with Gasteiger partial charge in [-0.1, -0.05) is 12.1 Å². The third kappa shape index (κ3) is 3.60. The van der Waals surface area contributed by atoms with Crippen molar-refractivity contribution in [2.45, 2.75) is 6.54 Å². The van der Waals surface area contributed by atoms with E-state index in [0.717, 1.165) is 22.3 Å². The van der Waals surface area contributed by atoms with Gasteiger partial charge in [-0.05, 0) is 24.3 Å². The summed E-state index contributed by atoms with van der Waals surface area (Å²) in [5.41, 5.74) is 2.32. The average molecular weight is 337 g/mol. The van der Waals surface area contributed by atoms with Gasteiger partial charge in [0.15, 0.2) is 0 Å². The Kier molecular flexibility index (Phi) is 4.65. The first-order valence-electron chi connectivity index (χ1n) is 7.83. The summed E-state index contributed by atoms with van der Waals surface area (Å²) in [5.74, 6) is -0.648. The molecule has 0 saturated carbocycles. The minimum atomic E-state index is -0.705. The molecule has 0 unspecified atom stereocenters. The molecule has 128 valence electrons. The van der Waals surface area contributed by atoms with Gasteiger partial charge in [0.2, 0.25) is 0 Å². The normalized spacial score (nSPS) is 10.5. The summed E-state index contributed by atoms with van der Waals surface area (Å²) >= 11 is 0. The van der Waals surface area contributed by atoms with Crippen molar-refractivity contribution in [3.63, 3.8) is 0 Å². The average Bonchev–Trinajstić information content (AvgIpc) is 3.09. The monoisotopic (exact) mass is 337 g/mol. The first kappa shape index (κ1) is 16.5. The number of pyridine rings is 1. The molecule has 0 atom stereocenters. The number of carbonyl (C=O) groups excluding carboxylic acids is 2.